The van der Waals surface area contributed by atoms with Crippen molar-refractivity contribution in [2.45, 2.75) is 26.3 Å². The van der Waals surface area contributed by atoms with Crippen LogP contribution in [0.5, 0.6) is 0 Å². The number of para-hydroxylation sites is 1. The molecule has 2 atom stereocenters. The molecule has 2 N–H and O–H groups in total. The Morgan fingerprint density at radius 1 is 1.40 bits per heavy atom. The monoisotopic (exact) mass is 269 g/mol. The van der Waals surface area contributed by atoms with Crippen LogP contribution in [-0.4, -0.2) is 23.5 Å². The minimum Gasteiger partial charge on any atom is -0.325 e. The molecule has 0 radical (unpaired) electrons. The smallest absolute Gasteiger partial charge is 0.229 e. The maximum Gasteiger partial charge on any atom is 0.229 e. The van der Waals surface area contributed by atoms with Crippen molar-refractivity contribution >= 4 is 22.5 Å². The zero-order chi connectivity index (χ0) is 14.1. The second-order valence-corrected chi connectivity index (χ2v) is 5.46. The van der Waals surface area contributed by atoms with Gasteiger partial charge < -0.3 is 10.6 Å². The Hall–Kier alpha value is -1.94. The van der Waals surface area contributed by atoms with E-state index in [0.29, 0.717) is 0 Å². The number of nitrogens with one attached hydrogen (secondary N) is 2. The van der Waals surface area contributed by atoms with Gasteiger partial charge in [-0.3, -0.25) is 9.78 Å². The van der Waals surface area contributed by atoms with Crippen molar-refractivity contribution in [2.75, 3.05) is 11.9 Å². The number of rotatable bonds is 2. The number of benzene rings is 1. The van der Waals surface area contributed by atoms with E-state index in [4.69, 9.17) is 0 Å². The van der Waals surface area contributed by atoms with Gasteiger partial charge in [0, 0.05) is 17.1 Å². The fourth-order valence-electron chi connectivity index (χ4n) is 2.85. The van der Waals surface area contributed by atoms with Crippen molar-refractivity contribution in [3.8, 4) is 0 Å². The number of carbonyl (C=O) groups is 1. The fourth-order valence-corrected chi connectivity index (χ4v) is 2.85. The van der Waals surface area contributed by atoms with E-state index in [0.717, 1.165) is 35.2 Å². The molecule has 104 valence electrons. The van der Waals surface area contributed by atoms with Gasteiger partial charge in [-0.05, 0) is 38.9 Å². The summed E-state index contributed by atoms with van der Waals surface area (Å²) in [6.07, 6.45) is 0.898. The molecule has 1 saturated heterocycles. The van der Waals surface area contributed by atoms with Crippen LogP contribution in [0.1, 0.15) is 19.0 Å². The Kier molecular flexibility index (Phi) is 3.40. The lowest BCUT2D eigenvalue weighted by Crippen LogP contribution is -2.32. The average molecular weight is 269 g/mol. The highest BCUT2D eigenvalue weighted by Crippen LogP contribution is 2.25. The van der Waals surface area contributed by atoms with Gasteiger partial charge in [-0.1, -0.05) is 18.2 Å². The molecule has 1 aliphatic heterocycles. The molecular weight excluding hydrogens is 250 g/mol. The molecular formula is C16H19N3O. The molecule has 3 rings (SSSR count). The second kappa shape index (κ2) is 5.21. The van der Waals surface area contributed by atoms with Gasteiger partial charge in [-0.25, -0.2) is 0 Å². The third-order valence-corrected chi connectivity index (χ3v) is 3.96. The number of carbonyl (C=O) groups excluding carboxylic acids is 1. The summed E-state index contributed by atoms with van der Waals surface area (Å²) in [5.74, 6) is 0.139. The number of anilines is 1. The van der Waals surface area contributed by atoms with E-state index >= 15 is 0 Å². The average Bonchev–Trinajstić information content (AvgIpc) is 2.85. The molecule has 2 aromatic rings. The molecule has 1 aliphatic rings. The van der Waals surface area contributed by atoms with E-state index in [9.17, 15) is 4.79 Å². The van der Waals surface area contributed by atoms with Gasteiger partial charge >= 0.3 is 0 Å². The Morgan fingerprint density at radius 2 is 2.20 bits per heavy atom. The number of hydrogen-bond acceptors (Lipinski definition) is 3. The van der Waals surface area contributed by atoms with E-state index in [2.05, 4.69) is 22.5 Å². The predicted molar refractivity (Wildman–Crippen MR) is 80.7 cm³/mol. The highest BCUT2D eigenvalue weighted by atomic mass is 16.1. The zero-order valence-electron chi connectivity index (χ0n) is 11.8. The molecule has 20 heavy (non-hydrogen) atoms. The summed E-state index contributed by atoms with van der Waals surface area (Å²) < 4.78 is 0. The van der Waals surface area contributed by atoms with Gasteiger partial charge in [0.2, 0.25) is 5.91 Å². The minimum absolute atomic E-state index is 0.0437. The van der Waals surface area contributed by atoms with Crippen LogP contribution in [0.2, 0.25) is 0 Å². The van der Waals surface area contributed by atoms with Crippen molar-refractivity contribution in [3.05, 3.63) is 36.0 Å². The summed E-state index contributed by atoms with van der Waals surface area (Å²) >= 11 is 0. The molecule has 2 heterocycles. The number of aromatic nitrogens is 1. The molecule has 1 fully saturated rings. The van der Waals surface area contributed by atoms with Crippen molar-refractivity contribution in [1.29, 1.82) is 0 Å². The summed E-state index contributed by atoms with van der Waals surface area (Å²) in [5, 5.41) is 7.38. The van der Waals surface area contributed by atoms with Gasteiger partial charge in [0.25, 0.3) is 0 Å². The van der Waals surface area contributed by atoms with Crippen LogP contribution >= 0.6 is 0 Å². The van der Waals surface area contributed by atoms with E-state index in [1.807, 2.05) is 37.3 Å². The molecule has 1 aromatic heterocycles. The maximum atomic E-state index is 12.4. The summed E-state index contributed by atoms with van der Waals surface area (Å²) in [7, 11) is 0. The molecule has 2 unspecified atom stereocenters. The molecule has 1 amide bonds. The molecule has 0 saturated carbocycles. The van der Waals surface area contributed by atoms with Crippen LogP contribution in [0.15, 0.2) is 30.3 Å². The Balaban J connectivity index is 1.92. The van der Waals surface area contributed by atoms with Crippen LogP contribution in [0.4, 0.5) is 5.69 Å². The van der Waals surface area contributed by atoms with Gasteiger partial charge in [0.05, 0.1) is 17.1 Å². The number of pyridine rings is 1. The molecule has 1 aromatic carbocycles. The van der Waals surface area contributed by atoms with E-state index in [-0.39, 0.29) is 17.9 Å². The molecule has 0 spiro atoms. The minimum atomic E-state index is 0.0437. The van der Waals surface area contributed by atoms with E-state index < -0.39 is 0 Å². The lowest BCUT2D eigenvalue weighted by Gasteiger charge is -2.16. The van der Waals surface area contributed by atoms with Crippen molar-refractivity contribution in [1.82, 2.24) is 10.3 Å². The molecule has 0 bridgehead atoms. The first-order valence-electron chi connectivity index (χ1n) is 7.06. The van der Waals surface area contributed by atoms with Gasteiger partial charge in [-0.15, -0.1) is 0 Å². The quantitative estimate of drug-likeness (QED) is 0.880. The maximum absolute atomic E-state index is 12.4. The Bertz CT molecular complexity index is 653. The number of hydrogen-bond donors (Lipinski definition) is 2. The van der Waals surface area contributed by atoms with Gasteiger partial charge in [-0.2, -0.15) is 0 Å². The van der Waals surface area contributed by atoms with Crippen LogP contribution in [0.25, 0.3) is 10.9 Å². The molecule has 4 nitrogen and oxygen atoms in total. The van der Waals surface area contributed by atoms with Crippen LogP contribution < -0.4 is 10.6 Å². The first-order valence-corrected chi connectivity index (χ1v) is 7.06. The molecule has 4 heteroatoms. The predicted octanol–water partition coefficient (Wildman–Crippen LogP) is 2.48. The number of amides is 1. The highest BCUT2D eigenvalue weighted by Gasteiger charge is 2.29. The number of aryl methyl sites for hydroxylation is 1. The van der Waals surface area contributed by atoms with Crippen molar-refractivity contribution in [2.24, 2.45) is 5.92 Å². The number of nitrogens with zero attached hydrogens (tertiary/aromatic N) is 1. The standard InChI is InChI=1S/C16H19N3O/c1-10-9-15(13-5-3-4-6-14(13)18-10)19-16(20)12-7-8-17-11(12)2/h3-6,9,11-12,17H,7-8H2,1-2H3,(H,18,19,20). The van der Waals surface area contributed by atoms with Crippen molar-refractivity contribution in [3.63, 3.8) is 0 Å². The van der Waals surface area contributed by atoms with Crippen LogP contribution in [-0.2, 0) is 4.79 Å². The van der Waals surface area contributed by atoms with Crippen LogP contribution in [0.3, 0.4) is 0 Å². The normalized spacial score (nSPS) is 22.1. The second-order valence-electron chi connectivity index (χ2n) is 5.46. The Morgan fingerprint density at radius 3 is 2.95 bits per heavy atom. The first-order chi connectivity index (χ1) is 9.65. The summed E-state index contributed by atoms with van der Waals surface area (Å²) in [4.78, 5) is 16.9. The first kappa shape index (κ1) is 13.1. The van der Waals surface area contributed by atoms with E-state index in [1.165, 1.54) is 0 Å². The SMILES string of the molecule is Cc1cc(NC(=O)C2CCNC2C)c2ccccc2n1. The topological polar surface area (TPSA) is 54.0 Å². The highest BCUT2D eigenvalue weighted by molar-refractivity contribution is 6.02. The largest absolute Gasteiger partial charge is 0.325 e. The summed E-state index contributed by atoms with van der Waals surface area (Å²) in [6.45, 7) is 4.92. The van der Waals surface area contributed by atoms with Gasteiger partial charge in [0.15, 0.2) is 0 Å². The lowest BCUT2D eigenvalue weighted by molar-refractivity contribution is -0.119. The summed E-state index contributed by atoms with van der Waals surface area (Å²) in [5.41, 5.74) is 2.69. The summed E-state index contributed by atoms with van der Waals surface area (Å²) in [6, 6.07) is 10.1. The van der Waals surface area contributed by atoms with E-state index in [1.54, 1.807) is 0 Å². The zero-order valence-corrected chi connectivity index (χ0v) is 11.8. The van der Waals surface area contributed by atoms with Gasteiger partial charge in [0.1, 0.15) is 0 Å². The number of fused-ring (bicyclic) bond motifs is 1. The van der Waals surface area contributed by atoms with Crippen molar-refractivity contribution < 1.29 is 4.79 Å². The third-order valence-electron chi connectivity index (χ3n) is 3.96. The Labute approximate surface area is 118 Å². The van der Waals surface area contributed by atoms with Crippen LogP contribution in [0, 0.1) is 12.8 Å². The third kappa shape index (κ3) is 2.39. The molecule has 0 aliphatic carbocycles. The lowest BCUT2D eigenvalue weighted by atomic mass is 10.0. The fraction of sp³-hybridized carbons (Fsp3) is 0.375.